The van der Waals surface area contributed by atoms with Crippen molar-refractivity contribution in [1.82, 2.24) is 14.9 Å². The third kappa shape index (κ3) is 5.60. The molecule has 29 heavy (non-hydrogen) atoms. The van der Waals surface area contributed by atoms with Crippen molar-refractivity contribution < 1.29 is 9.53 Å². The standard InChI is InChI=1S/C22H29ClN4O2/c1-15-10-17(6-7-18(15)23)29-20-11-19(24-14-25-20)26-8-9-27(16(2)13-26)21(28)12-22(3,4)5/h6-7,10-11,14,16H,8-9,12-13H2,1-5H3/t16-/m0/s1. The molecule has 1 atom stereocenters. The summed E-state index contributed by atoms with van der Waals surface area (Å²) in [5.41, 5.74) is 0.940. The number of anilines is 1. The zero-order valence-corrected chi connectivity index (χ0v) is 18.5. The lowest BCUT2D eigenvalue weighted by Crippen LogP contribution is -2.54. The molecule has 0 N–H and O–H groups in total. The van der Waals surface area contributed by atoms with Crippen LogP contribution in [-0.4, -0.2) is 46.5 Å². The molecule has 0 spiro atoms. The second-order valence-corrected chi connectivity index (χ2v) is 9.25. The van der Waals surface area contributed by atoms with E-state index < -0.39 is 0 Å². The maximum atomic E-state index is 12.6. The Labute approximate surface area is 177 Å². The maximum Gasteiger partial charge on any atom is 0.224 e. The minimum absolute atomic E-state index is 0.00709. The van der Waals surface area contributed by atoms with Gasteiger partial charge in [0.2, 0.25) is 11.8 Å². The highest BCUT2D eigenvalue weighted by Gasteiger charge is 2.30. The van der Waals surface area contributed by atoms with Gasteiger partial charge >= 0.3 is 0 Å². The first-order valence-corrected chi connectivity index (χ1v) is 10.3. The summed E-state index contributed by atoms with van der Waals surface area (Å²) in [7, 11) is 0. The van der Waals surface area contributed by atoms with Crippen LogP contribution in [0.15, 0.2) is 30.6 Å². The number of aryl methyl sites for hydroxylation is 1. The fourth-order valence-corrected chi connectivity index (χ4v) is 3.57. The van der Waals surface area contributed by atoms with Crippen LogP contribution in [0, 0.1) is 12.3 Å². The summed E-state index contributed by atoms with van der Waals surface area (Å²) < 4.78 is 5.89. The quantitative estimate of drug-likeness (QED) is 0.722. The first-order valence-electron chi connectivity index (χ1n) is 9.93. The molecule has 0 aliphatic carbocycles. The van der Waals surface area contributed by atoms with Crippen LogP contribution in [0.25, 0.3) is 0 Å². The Morgan fingerprint density at radius 3 is 2.66 bits per heavy atom. The lowest BCUT2D eigenvalue weighted by Gasteiger charge is -2.41. The second kappa shape index (κ2) is 8.57. The van der Waals surface area contributed by atoms with Gasteiger partial charge in [0, 0.05) is 43.2 Å². The number of piperazine rings is 1. The number of nitrogens with zero attached hydrogens (tertiary/aromatic N) is 4. The number of ether oxygens (including phenoxy) is 1. The minimum atomic E-state index is -0.00709. The second-order valence-electron chi connectivity index (χ2n) is 8.85. The maximum absolute atomic E-state index is 12.6. The molecule has 3 rings (SSSR count). The van der Waals surface area contributed by atoms with E-state index in [1.807, 2.05) is 36.1 Å². The van der Waals surface area contributed by atoms with Gasteiger partial charge in [0.1, 0.15) is 17.9 Å². The SMILES string of the molecule is Cc1cc(Oc2cc(N3CCN(C(=O)CC(C)(C)C)[C@@H](C)C3)ncn2)ccc1Cl. The van der Waals surface area contributed by atoms with Crippen LogP contribution >= 0.6 is 11.6 Å². The molecule has 2 heterocycles. The zero-order valence-electron chi connectivity index (χ0n) is 17.8. The highest BCUT2D eigenvalue weighted by atomic mass is 35.5. The van der Waals surface area contributed by atoms with E-state index in [1.54, 1.807) is 0 Å². The Balaban J connectivity index is 1.67. The third-order valence-corrected chi connectivity index (χ3v) is 5.36. The molecule has 6 nitrogen and oxygen atoms in total. The lowest BCUT2D eigenvalue weighted by atomic mass is 9.91. The normalized spacial score (nSPS) is 17.4. The molecule has 1 aliphatic rings. The van der Waals surface area contributed by atoms with Crippen molar-refractivity contribution in [2.45, 2.75) is 47.1 Å². The van der Waals surface area contributed by atoms with Gasteiger partial charge in [0.15, 0.2) is 0 Å². The van der Waals surface area contributed by atoms with E-state index in [9.17, 15) is 4.79 Å². The van der Waals surface area contributed by atoms with Gasteiger partial charge in [-0.05, 0) is 43.0 Å². The molecule has 7 heteroatoms. The molecule has 0 bridgehead atoms. The molecule has 0 unspecified atom stereocenters. The summed E-state index contributed by atoms with van der Waals surface area (Å²) in [6.07, 6.45) is 2.07. The zero-order chi connectivity index (χ0) is 21.2. The van der Waals surface area contributed by atoms with Crippen molar-refractivity contribution >= 4 is 23.3 Å². The van der Waals surface area contributed by atoms with Gasteiger partial charge in [0.25, 0.3) is 0 Å². The monoisotopic (exact) mass is 416 g/mol. The predicted molar refractivity (Wildman–Crippen MR) is 116 cm³/mol. The molecular formula is C22H29ClN4O2. The van der Waals surface area contributed by atoms with Crippen LogP contribution in [0.4, 0.5) is 5.82 Å². The molecule has 0 radical (unpaired) electrons. The average Bonchev–Trinajstić information content (AvgIpc) is 2.63. The smallest absolute Gasteiger partial charge is 0.224 e. The van der Waals surface area contributed by atoms with E-state index >= 15 is 0 Å². The van der Waals surface area contributed by atoms with Gasteiger partial charge in [-0.1, -0.05) is 32.4 Å². The van der Waals surface area contributed by atoms with Gasteiger partial charge in [-0.15, -0.1) is 0 Å². The van der Waals surface area contributed by atoms with E-state index in [4.69, 9.17) is 16.3 Å². The van der Waals surface area contributed by atoms with Gasteiger partial charge in [-0.2, -0.15) is 0 Å². The van der Waals surface area contributed by atoms with Gasteiger partial charge in [0.05, 0.1) is 0 Å². The number of halogens is 1. The number of carbonyl (C=O) groups is 1. The lowest BCUT2D eigenvalue weighted by molar-refractivity contribution is -0.135. The molecule has 1 aromatic heterocycles. The van der Waals surface area contributed by atoms with Crippen LogP contribution in [0.2, 0.25) is 5.02 Å². The van der Waals surface area contributed by atoms with Crippen molar-refractivity contribution in [3.63, 3.8) is 0 Å². The largest absolute Gasteiger partial charge is 0.439 e. The molecule has 0 saturated carbocycles. The fourth-order valence-electron chi connectivity index (χ4n) is 3.45. The van der Waals surface area contributed by atoms with Crippen molar-refractivity contribution in [2.75, 3.05) is 24.5 Å². The Kier molecular flexibility index (Phi) is 6.32. The molecule has 1 saturated heterocycles. The Morgan fingerprint density at radius 2 is 2.00 bits per heavy atom. The minimum Gasteiger partial charge on any atom is -0.439 e. The van der Waals surface area contributed by atoms with Crippen molar-refractivity contribution in [2.24, 2.45) is 5.41 Å². The van der Waals surface area contributed by atoms with Crippen LogP contribution in [0.3, 0.4) is 0 Å². The van der Waals surface area contributed by atoms with Gasteiger partial charge < -0.3 is 14.5 Å². The summed E-state index contributed by atoms with van der Waals surface area (Å²) in [6.45, 7) is 12.4. The predicted octanol–water partition coefficient (Wildman–Crippen LogP) is 4.70. The fraction of sp³-hybridized carbons (Fsp3) is 0.500. The van der Waals surface area contributed by atoms with Gasteiger partial charge in [-0.3, -0.25) is 4.79 Å². The summed E-state index contributed by atoms with van der Waals surface area (Å²) in [5.74, 6) is 2.18. The molecule has 156 valence electrons. The highest BCUT2D eigenvalue weighted by Crippen LogP contribution is 2.27. The topological polar surface area (TPSA) is 58.6 Å². The van der Waals surface area contributed by atoms with E-state index in [-0.39, 0.29) is 17.4 Å². The number of aromatic nitrogens is 2. The Bertz CT molecular complexity index is 881. The van der Waals surface area contributed by atoms with Crippen molar-refractivity contribution in [3.8, 4) is 11.6 Å². The van der Waals surface area contributed by atoms with Crippen molar-refractivity contribution in [3.05, 3.63) is 41.2 Å². The van der Waals surface area contributed by atoms with Crippen LogP contribution in [-0.2, 0) is 4.79 Å². The highest BCUT2D eigenvalue weighted by molar-refractivity contribution is 6.31. The molecule has 1 amide bonds. The number of rotatable bonds is 4. The first-order chi connectivity index (χ1) is 13.6. The number of carbonyl (C=O) groups excluding carboxylic acids is 1. The molecule has 1 aromatic carbocycles. The number of amides is 1. The van der Waals surface area contributed by atoms with Crippen LogP contribution < -0.4 is 9.64 Å². The van der Waals surface area contributed by atoms with Crippen molar-refractivity contribution in [1.29, 1.82) is 0 Å². The van der Waals surface area contributed by atoms with Gasteiger partial charge in [-0.25, -0.2) is 9.97 Å². The molecule has 1 aliphatic heterocycles. The Morgan fingerprint density at radius 1 is 1.24 bits per heavy atom. The van der Waals surface area contributed by atoms with Crippen LogP contribution in [0.1, 0.15) is 39.7 Å². The van der Waals surface area contributed by atoms with E-state index in [0.717, 1.165) is 24.5 Å². The van der Waals surface area contributed by atoms with E-state index in [1.165, 1.54) is 6.33 Å². The number of hydrogen-bond acceptors (Lipinski definition) is 5. The summed E-state index contributed by atoms with van der Waals surface area (Å²) in [4.78, 5) is 25.4. The molecular weight excluding hydrogens is 388 g/mol. The van der Waals surface area contributed by atoms with Crippen LogP contribution in [0.5, 0.6) is 11.6 Å². The number of hydrogen-bond donors (Lipinski definition) is 0. The summed E-state index contributed by atoms with van der Waals surface area (Å²) >= 11 is 6.08. The average molecular weight is 417 g/mol. The first kappa shape index (κ1) is 21.4. The summed E-state index contributed by atoms with van der Waals surface area (Å²) in [5, 5.41) is 0.702. The molecule has 1 fully saturated rings. The third-order valence-electron chi connectivity index (χ3n) is 4.93. The number of benzene rings is 1. The Hall–Kier alpha value is -2.34. The van der Waals surface area contributed by atoms with E-state index in [0.29, 0.717) is 29.6 Å². The van der Waals surface area contributed by atoms with E-state index in [2.05, 4.69) is 42.6 Å². The molecule has 2 aromatic rings. The summed E-state index contributed by atoms with van der Waals surface area (Å²) in [6, 6.07) is 7.47.